The monoisotopic (exact) mass is 334 g/mol. The average molecular weight is 334 g/mol. The van der Waals surface area contributed by atoms with Gasteiger partial charge in [0.05, 0.1) is 0 Å². The number of hydrogen-bond acceptors (Lipinski definition) is 4. The van der Waals surface area contributed by atoms with E-state index in [9.17, 15) is 9.59 Å². The Morgan fingerprint density at radius 2 is 1.96 bits per heavy atom. The van der Waals surface area contributed by atoms with Gasteiger partial charge in [0, 0.05) is 30.7 Å². The number of carbonyl (C=O) groups is 2. The quantitative estimate of drug-likeness (QED) is 0.885. The van der Waals surface area contributed by atoms with Crippen molar-refractivity contribution in [2.24, 2.45) is 12.5 Å². The van der Waals surface area contributed by atoms with E-state index in [0.29, 0.717) is 5.69 Å². The van der Waals surface area contributed by atoms with Gasteiger partial charge in [0.2, 0.25) is 0 Å². The van der Waals surface area contributed by atoms with Crippen LogP contribution in [-0.2, 0) is 11.8 Å². The Morgan fingerprint density at radius 1 is 1.29 bits per heavy atom. The van der Waals surface area contributed by atoms with Crippen LogP contribution >= 0.6 is 0 Å². The lowest BCUT2D eigenvalue weighted by Crippen LogP contribution is -2.71. The number of alkyl carbamates (subject to hydrolysis) is 1. The molecule has 2 N–H and O–H groups in total. The van der Waals surface area contributed by atoms with Gasteiger partial charge >= 0.3 is 6.09 Å². The third kappa shape index (κ3) is 3.12. The van der Waals surface area contributed by atoms with E-state index in [-0.39, 0.29) is 29.5 Å². The zero-order chi connectivity index (χ0) is 17.5. The van der Waals surface area contributed by atoms with Gasteiger partial charge in [0.25, 0.3) is 5.91 Å². The SMILES string of the molecule is Cn1ccc(C(=O)NC2CC(NC(=O)OC(C)(C)C)C23CCC3)n1. The Bertz CT molecular complexity index is 643. The van der Waals surface area contributed by atoms with Crippen LogP contribution in [0.15, 0.2) is 12.3 Å². The van der Waals surface area contributed by atoms with E-state index in [4.69, 9.17) is 4.74 Å². The summed E-state index contributed by atoms with van der Waals surface area (Å²) in [5.74, 6) is -0.150. The van der Waals surface area contributed by atoms with Crippen molar-refractivity contribution in [1.29, 1.82) is 0 Å². The minimum atomic E-state index is -0.507. The maximum atomic E-state index is 12.3. The average Bonchev–Trinajstić information content (AvgIpc) is 2.79. The summed E-state index contributed by atoms with van der Waals surface area (Å²) in [5, 5.41) is 10.2. The molecule has 2 aliphatic rings. The summed E-state index contributed by atoms with van der Waals surface area (Å²) >= 11 is 0. The van der Waals surface area contributed by atoms with E-state index >= 15 is 0 Å². The molecule has 1 heterocycles. The van der Waals surface area contributed by atoms with Crippen LogP contribution in [0.4, 0.5) is 4.79 Å². The molecule has 0 aromatic carbocycles. The number of aromatic nitrogens is 2. The van der Waals surface area contributed by atoms with Crippen LogP contribution in [0.2, 0.25) is 0 Å². The second-order valence-corrected chi connectivity index (χ2v) is 7.92. The van der Waals surface area contributed by atoms with Crippen molar-refractivity contribution in [1.82, 2.24) is 20.4 Å². The minimum absolute atomic E-state index is 0.0264. The number of hydrogen-bond donors (Lipinski definition) is 2. The molecule has 2 amide bonds. The zero-order valence-electron chi connectivity index (χ0n) is 14.8. The van der Waals surface area contributed by atoms with E-state index in [1.807, 2.05) is 20.8 Å². The normalized spacial score (nSPS) is 24.7. The second-order valence-electron chi connectivity index (χ2n) is 7.92. The van der Waals surface area contributed by atoms with Crippen LogP contribution in [0.25, 0.3) is 0 Å². The van der Waals surface area contributed by atoms with E-state index in [0.717, 1.165) is 25.7 Å². The molecule has 1 spiro atoms. The van der Waals surface area contributed by atoms with Gasteiger partial charge in [-0.1, -0.05) is 6.42 Å². The van der Waals surface area contributed by atoms with Gasteiger partial charge in [-0.05, 0) is 46.1 Å². The Labute approximate surface area is 142 Å². The highest BCUT2D eigenvalue weighted by Crippen LogP contribution is 2.56. The fourth-order valence-corrected chi connectivity index (χ4v) is 3.69. The number of amides is 2. The van der Waals surface area contributed by atoms with Crippen molar-refractivity contribution in [3.63, 3.8) is 0 Å². The summed E-state index contributed by atoms with van der Waals surface area (Å²) < 4.78 is 6.96. The smallest absolute Gasteiger partial charge is 0.407 e. The standard InChI is InChI=1S/C17H26N4O3/c1-16(2,3)24-15(23)19-13-10-12(17(13)7-5-8-17)18-14(22)11-6-9-21(4)20-11/h6,9,12-13H,5,7-8,10H2,1-4H3,(H,18,22)(H,19,23). The lowest BCUT2D eigenvalue weighted by atomic mass is 9.50. The maximum absolute atomic E-state index is 12.3. The van der Waals surface area contributed by atoms with Crippen molar-refractivity contribution in [2.45, 2.75) is 64.1 Å². The number of nitrogens with one attached hydrogen (secondary N) is 2. The van der Waals surface area contributed by atoms with Crippen LogP contribution in [0.5, 0.6) is 0 Å². The Hall–Kier alpha value is -2.05. The summed E-state index contributed by atoms with van der Waals surface area (Å²) in [4.78, 5) is 24.3. The first-order chi connectivity index (χ1) is 11.2. The molecular weight excluding hydrogens is 308 g/mol. The highest BCUT2D eigenvalue weighted by molar-refractivity contribution is 5.92. The summed E-state index contributed by atoms with van der Waals surface area (Å²) in [5.41, 5.74) is -0.107. The van der Waals surface area contributed by atoms with E-state index in [2.05, 4.69) is 15.7 Å². The molecule has 2 aliphatic carbocycles. The fraction of sp³-hybridized carbons (Fsp3) is 0.706. The van der Waals surface area contributed by atoms with Crippen LogP contribution < -0.4 is 10.6 Å². The zero-order valence-corrected chi connectivity index (χ0v) is 14.8. The molecule has 0 radical (unpaired) electrons. The van der Waals surface area contributed by atoms with Gasteiger partial charge in [0.1, 0.15) is 11.3 Å². The van der Waals surface area contributed by atoms with Crippen molar-refractivity contribution in [3.05, 3.63) is 18.0 Å². The molecule has 1 aromatic rings. The first kappa shape index (κ1) is 16.8. The molecule has 1 aromatic heterocycles. The molecule has 0 saturated heterocycles. The lowest BCUT2D eigenvalue weighted by molar-refractivity contribution is -0.0579. The van der Waals surface area contributed by atoms with E-state index < -0.39 is 5.60 Å². The van der Waals surface area contributed by atoms with Crippen LogP contribution in [0.1, 0.15) is 56.9 Å². The third-order valence-electron chi connectivity index (χ3n) is 5.09. The molecule has 2 atom stereocenters. The van der Waals surface area contributed by atoms with Gasteiger partial charge < -0.3 is 15.4 Å². The predicted octanol–water partition coefficient (Wildman–Crippen LogP) is 1.99. The highest BCUT2D eigenvalue weighted by Gasteiger charge is 2.59. The number of rotatable bonds is 3. The molecule has 7 heteroatoms. The Kier molecular flexibility index (Phi) is 4.05. The summed E-state index contributed by atoms with van der Waals surface area (Å²) in [7, 11) is 1.79. The largest absolute Gasteiger partial charge is 0.444 e. The molecule has 2 saturated carbocycles. The topological polar surface area (TPSA) is 85.2 Å². The summed E-state index contributed by atoms with van der Waals surface area (Å²) in [6, 6.07) is 1.86. The van der Waals surface area contributed by atoms with Gasteiger partial charge in [-0.25, -0.2) is 4.79 Å². The molecule has 0 bridgehead atoms. The van der Waals surface area contributed by atoms with Gasteiger partial charge in [-0.2, -0.15) is 5.10 Å². The Morgan fingerprint density at radius 3 is 2.46 bits per heavy atom. The first-order valence-electron chi connectivity index (χ1n) is 8.50. The summed E-state index contributed by atoms with van der Waals surface area (Å²) in [6.07, 6.45) is 5.26. The van der Waals surface area contributed by atoms with E-state index in [1.165, 1.54) is 0 Å². The van der Waals surface area contributed by atoms with Crippen molar-refractivity contribution >= 4 is 12.0 Å². The third-order valence-corrected chi connectivity index (χ3v) is 5.09. The molecule has 132 valence electrons. The fourth-order valence-electron chi connectivity index (χ4n) is 3.69. The van der Waals surface area contributed by atoms with Gasteiger partial charge in [-0.3, -0.25) is 9.48 Å². The van der Waals surface area contributed by atoms with E-state index in [1.54, 1.807) is 24.0 Å². The van der Waals surface area contributed by atoms with Gasteiger partial charge in [0.15, 0.2) is 0 Å². The molecule has 2 unspecified atom stereocenters. The molecular formula is C17H26N4O3. The van der Waals surface area contributed by atoms with Crippen molar-refractivity contribution in [3.8, 4) is 0 Å². The summed E-state index contributed by atoms with van der Waals surface area (Å²) in [6.45, 7) is 5.55. The lowest BCUT2D eigenvalue weighted by Gasteiger charge is -2.61. The number of carbonyl (C=O) groups excluding carboxylic acids is 2. The predicted molar refractivity (Wildman–Crippen MR) is 88.5 cm³/mol. The van der Waals surface area contributed by atoms with Crippen molar-refractivity contribution in [2.75, 3.05) is 0 Å². The molecule has 24 heavy (non-hydrogen) atoms. The molecule has 2 fully saturated rings. The second kappa shape index (κ2) is 5.79. The number of ether oxygens (including phenoxy) is 1. The van der Waals surface area contributed by atoms with Crippen LogP contribution in [0, 0.1) is 5.41 Å². The first-order valence-corrected chi connectivity index (χ1v) is 8.50. The van der Waals surface area contributed by atoms with Crippen LogP contribution in [-0.4, -0.2) is 39.5 Å². The van der Waals surface area contributed by atoms with Crippen LogP contribution in [0.3, 0.4) is 0 Å². The molecule has 3 rings (SSSR count). The Balaban J connectivity index is 1.58. The maximum Gasteiger partial charge on any atom is 0.407 e. The minimum Gasteiger partial charge on any atom is -0.444 e. The molecule has 7 nitrogen and oxygen atoms in total. The number of aryl methyl sites for hydroxylation is 1. The highest BCUT2D eigenvalue weighted by atomic mass is 16.6. The number of nitrogens with zero attached hydrogens (tertiary/aromatic N) is 2. The molecule has 0 aliphatic heterocycles. The van der Waals surface area contributed by atoms with Gasteiger partial charge in [-0.15, -0.1) is 0 Å². The van der Waals surface area contributed by atoms with Crippen molar-refractivity contribution < 1.29 is 14.3 Å².